The molecular weight excluding hydrogens is 564 g/mol. The second-order valence-corrected chi connectivity index (χ2v) is 16.6. The number of piperidine rings is 4. The van der Waals surface area contributed by atoms with E-state index in [-0.39, 0.29) is 2.85 Å². The number of likely N-dealkylation sites (tertiary alicyclic amines) is 4. The molecule has 0 radical (unpaired) electrons. The lowest BCUT2D eigenvalue weighted by molar-refractivity contribution is 0.136. The van der Waals surface area contributed by atoms with Crippen molar-refractivity contribution < 1.29 is 2.85 Å². The molecule has 4 saturated heterocycles. The quantitative estimate of drug-likeness (QED) is 0.248. The van der Waals surface area contributed by atoms with Gasteiger partial charge in [0.15, 0.2) is 0 Å². The molecule has 0 aromatic heterocycles. The number of hydrogen-bond donors (Lipinski definition) is 2. The predicted molar refractivity (Wildman–Crippen MR) is 210 cm³/mol. The fourth-order valence-electron chi connectivity index (χ4n) is 7.76. The van der Waals surface area contributed by atoms with Gasteiger partial charge in [-0.05, 0) is 173 Å². The van der Waals surface area contributed by atoms with Gasteiger partial charge in [0.1, 0.15) is 0 Å². The summed E-state index contributed by atoms with van der Waals surface area (Å²) in [4.78, 5) is 10.3. The Balaban J connectivity index is 0. The molecule has 0 bridgehead atoms. The van der Waals surface area contributed by atoms with E-state index in [9.17, 15) is 0 Å². The molecule has 280 valence electrons. The van der Waals surface area contributed by atoms with Gasteiger partial charge in [-0.1, -0.05) is 48.5 Å². The Bertz CT molecular complexity index is 695. The first kappa shape index (κ1) is 43.8. The summed E-state index contributed by atoms with van der Waals surface area (Å²) in [6.45, 7) is 37.7. The smallest absolute Gasteiger partial charge is 0.0105 e. The summed E-state index contributed by atoms with van der Waals surface area (Å²) in [6.07, 6.45) is 13.7. The van der Waals surface area contributed by atoms with E-state index >= 15 is 0 Å². The van der Waals surface area contributed by atoms with E-state index in [0.717, 1.165) is 73.6 Å². The zero-order valence-corrected chi connectivity index (χ0v) is 33.1. The topological polar surface area (TPSA) is 65.0 Å². The van der Waals surface area contributed by atoms with Crippen LogP contribution >= 0.6 is 0 Å². The first-order valence-corrected chi connectivity index (χ1v) is 20.2. The largest absolute Gasteiger partial charge is 0.330 e. The van der Waals surface area contributed by atoms with Crippen molar-refractivity contribution in [2.45, 2.75) is 146 Å². The molecule has 0 spiro atoms. The van der Waals surface area contributed by atoms with Crippen molar-refractivity contribution in [3.63, 3.8) is 0 Å². The average molecular weight is 655 g/mol. The van der Waals surface area contributed by atoms with E-state index in [4.69, 9.17) is 11.5 Å². The fraction of sp³-hybridized carbons (Fsp3) is 1.00. The van der Waals surface area contributed by atoms with Crippen molar-refractivity contribution in [3.8, 4) is 0 Å². The van der Waals surface area contributed by atoms with E-state index in [2.05, 4.69) is 88.8 Å². The van der Waals surface area contributed by atoms with E-state index in [1.54, 1.807) is 0 Å². The maximum atomic E-state index is 5.51. The predicted octanol–water partition coefficient (Wildman–Crippen LogP) is 8.15. The molecule has 4 fully saturated rings. The lowest BCUT2D eigenvalue weighted by atomic mass is 9.87. The highest BCUT2D eigenvalue weighted by Crippen LogP contribution is 2.25. The van der Waals surface area contributed by atoms with E-state index in [0.29, 0.717) is 0 Å². The first-order valence-electron chi connectivity index (χ1n) is 20.2. The van der Waals surface area contributed by atoms with Crippen LogP contribution in [0, 0.1) is 35.5 Å². The Morgan fingerprint density at radius 2 is 1.02 bits per heavy atom. The molecule has 4 aliphatic rings. The molecule has 1 unspecified atom stereocenters. The van der Waals surface area contributed by atoms with Crippen molar-refractivity contribution in [2.24, 2.45) is 47.0 Å². The minimum atomic E-state index is 0. The third-order valence-corrected chi connectivity index (χ3v) is 11.6. The molecule has 3 atom stereocenters. The fourth-order valence-corrected chi connectivity index (χ4v) is 7.76. The Morgan fingerprint density at radius 1 is 0.587 bits per heavy atom. The van der Waals surface area contributed by atoms with Crippen molar-refractivity contribution in [1.29, 1.82) is 0 Å². The molecule has 4 heterocycles. The van der Waals surface area contributed by atoms with Gasteiger partial charge in [0.05, 0.1) is 0 Å². The van der Waals surface area contributed by atoms with Crippen LogP contribution in [0.1, 0.15) is 136 Å². The van der Waals surface area contributed by atoms with Gasteiger partial charge in [-0.2, -0.15) is 0 Å². The molecule has 0 aromatic carbocycles. The molecule has 4 N–H and O–H groups in total. The summed E-state index contributed by atoms with van der Waals surface area (Å²) in [5.74, 6) is 5.52. The van der Waals surface area contributed by atoms with Gasteiger partial charge < -0.3 is 31.1 Å². The Hall–Kier alpha value is -0.240. The first-order chi connectivity index (χ1) is 21.9. The van der Waals surface area contributed by atoms with Crippen LogP contribution in [0.25, 0.3) is 0 Å². The van der Waals surface area contributed by atoms with Gasteiger partial charge in [-0.3, -0.25) is 0 Å². The van der Waals surface area contributed by atoms with E-state index in [1.165, 1.54) is 117 Å². The molecule has 0 aromatic rings. The van der Waals surface area contributed by atoms with Crippen LogP contribution < -0.4 is 11.5 Å². The maximum absolute atomic E-state index is 5.51. The van der Waals surface area contributed by atoms with E-state index in [1.807, 2.05) is 0 Å². The summed E-state index contributed by atoms with van der Waals surface area (Å²) < 4.78 is 0. The number of hydrogen-bond acceptors (Lipinski definition) is 6. The van der Waals surface area contributed by atoms with Gasteiger partial charge in [0.25, 0.3) is 0 Å². The van der Waals surface area contributed by atoms with Crippen molar-refractivity contribution in [3.05, 3.63) is 0 Å². The zero-order valence-electron chi connectivity index (χ0n) is 33.1. The zero-order chi connectivity index (χ0) is 34.5. The third-order valence-electron chi connectivity index (χ3n) is 11.6. The van der Waals surface area contributed by atoms with Crippen molar-refractivity contribution in [2.75, 3.05) is 78.5 Å². The summed E-state index contributed by atoms with van der Waals surface area (Å²) in [6, 6.07) is 1.56. The molecule has 0 aliphatic carbocycles. The SMILES string of the molecule is CC(C)C1CCN(CCCN)CC1.CC(C)C1CCN(CCN)CC1.CC(C)N1CCC[C@H](C)C1.CCC(C)N1CCC[C@H](C)C1.[HH].[HH]. The second-order valence-electron chi connectivity index (χ2n) is 16.6. The minimum absolute atomic E-state index is 0. The second kappa shape index (κ2) is 25.7. The monoisotopic (exact) mass is 655 g/mol. The summed E-state index contributed by atoms with van der Waals surface area (Å²) in [5.41, 5.74) is 11.0. The lowest BCUT2D eigenvalue weighted by Crippen LogP contribution is -2.40. The summed E-state index contributed by atoms with van der Waals surface area (Å²) in [5, 5.41) is 0. The summed E-state index contributed by atoms with van der Waals surface area (Å²) >= 11 is 0. The average Bonchev–Trinajstić information content (AvgIpc) is 3.05. The number of nitrogens with two attached hydrogens (primary N) is 2. The summed E-state index contributed by atoms with van der Waals surface area (Å²) in [7, 11) is 0. The standard InChI is InChI=1S/C11H24N2.C10H22N2.C10H21N.C9H19N.2H2/c1-10(2)11-4-8-13(9-5-11)7-3-6-12;1-9(2)10-3-6-12(7-4-10)8-5-11;1-4-10(3)11-7-5-6-9(2)8-11;1-8(2)10-6-4-5-9(3)7-10;;/h10-11H,3-9,12H2,1-2H3;9-10H,3-8,11H2,1-2H3;9-10H,4-8H2,1-3H3;8-9H,4-7H2,1-3H3;2*1H/t;;9-,10?;9-;;/m..00../s1. The molecule has 4 aliphatic heterocycles. The van der Waals surface area contributed by atoms with E-state index < -0.39 is 0 Å². The highest BCUT2D eigenvalue weighted by molar-refractivity contribution is 4.76. The Labute approximate surface area is 293 Å². The normalized spacial score (nSPS) is 25.4. The Kier molecular flexibility index (Phi) is 24.5. The molecule has 46 heavy (non-hydrogen) atoms. The molecule has 4 rings (SSSR count). The molecule has 6 nitrogen and oxygen atoms in total. The van der Waals surface area contributed by atoms with Gasteiger partial charge in [-0.25, -0.2) is 0 Å². The van der Waals surface area contributed by atoms with Gasteiger partial charge in [0.2, 0.25) is 0 Å². The highest BCUT2D eigenvalue weighted by atomic mass is 15.2. The number of nitrogens with zero attached hydrogens (tertiary/aromatic N) is 4. The maximum Gasteiger partial charge on any atom is 0.0105 e. The van der Waals surface area contributed by atoms with Gasteiger partial charge in [-0.15, -0.1) is 0 Å². The highest BCUT2D eigenvalue weighted by Gasteiger charge is 2.22. The molecule has 0 saturated carbocycles. The van der Waals surface area contributed by atoms with Crippen LogP contribution in [-0.4, -0.2) is 110 Å². The molecule has 0 amide bonds. The van der Waals surface area contributed by atoms with Crippen LogP contribution in [-0.2, 0) is 0 Å². The van der Waals surface area contributed by atoms with Crippen LogP contribution in [0.5, 0.6) is 0 Å². The van der Waals surface area contributed by atoms with Crippen molar-refractivity contribution >= 4 is 0 Å². The number of rotatable bonds is 10. The molecular formula is C40H90N6. The van der Waals surface area contributed by atoms with Crippen LogP contribution in [0.2, 0.25) is 0 Å². The third kappa shape index (κ3) is 19.1. The lowest BCUT2D eigenvalue weighted by Gasteiger charge is -2.35. The molecule has 6 heteroatoms. The van der Waals surface area contributed by atoms with Gasteiger partial charge in [0, 0.05) is 41.1 Å². The van der Waals surface area contributed by atoms with Crippen LogP contribution in [0.3, 0.4) is 0 Å². The van der Waals surface area contributed by atoms with Crippen molar-refractivity contribution in [1.82, 2.24) is 19.6 Å². The minimum Gasteiger partial charge on any atom is -0.330 e. The Morgan fingerprint density at radius 3 is 1.37 bits per heavy atom. The van der Waals surface area contributed by atoms with Crippen LogP contribution in [0.15, 0.2) is 0 Å². The van der Waals surface area contributed by atoms with Gasteiger partial charge >= 0.3 is 0 Å². The van der Waals surface area contributed by atoms with Crippen LogP contribution in [0.4, 0.5) is 0 Å².